The van der Waals surface area contributed by atoms with Crippen LogP contribution in [0, 0.1) is 5.92 Å². The molecule has 28 heavy (non-hydrogen) atoms. The van der Waals surface area contributed by atoms with Crippen molar-refractivity contribution in [2.24, 2.45) is 5.92 Å². The van der Waals surface area contributed by atoms with Crippen LogP contribution in [0.15, 0.2) is 24.3 Å². The van der Waals surface area contributed by atoms with Crippen LogP contribution in [0.25, 0.3) is 10.9 Å². The van der Waals surface area contributed by atoms with Crippen LogP contribution in [-0.4, -0.2) is 59.9 Å². The fourth-order valence-electron chi connectivity index (χ4n) is 3.93. The average molecular weight is 389 g/mol. The van der Waals surface area contributed by atoms with Gasteiger partial charge in [-0.3, -0.25) is 4.79 Å². The van der Waals surface area contributed by atoms with Crippen molar-refractivity contribution in [2.45, 2.75) is 45.1 Å². The van der Waals surface area contributed by atoms with Gasteiger partial charge >= 0.3 is 0 Å². The molecule has 0 unspecified atom stereocenters. The van der Waals surface area contributed by atoms with Gasteiger partial charge < -0.3 is 24.5 Å². The van der Waals surface area contributed by atoms with E-state index < -0.39 is 5.60 Å². The third-order valence-corrected chi connectivity index (χ3v) is 5.27. The van der Waals surface area contributed by atoms with Crippen LogP contribution in [0.1, 0.15) is 50.0 Å². The molecule has 6 nitrogen and oxygen atoms in total. The van der Waals surface area contributed by atoms with Crippen LogP contribution in [-0.2, 0) is 4.74 Å². The maximum absolute atomic E-state index is 12.9. The maximum atomic E-state index is 12.9. The van der Waals surface area contributed by atoms with Crippen molar-refractivity contribution in [3.63, 3.8) is 0 Å². The highest BCUT2D eigenvalue weighted by molar-refractivity contribution is 5.98. The fourth-order valence-corrected chi connectivity index (χ4v) is 3.93. The number of rotatable bonds is 8. The molecule has 1 saturated heterocycles. The molecule has 154 valence electrons. The second kappa shape index (κ2) is 8.97. The van der Waals surface area contributed by atoms with E-state index in [1.807, 2.05) is 43.0 Å². The number of aliphatic hydroxyl groups is 1. The van der Waals surface area contributed by atoms with Crippen molar-refractivity contribution in [1.29, 1.82) is 0 Å². The second-order valence-electron chi connectivity index (χ2n) is 8.38. The van der Waals surface area contributed by atoms with Gasteiger partial charge in [0, 0.05) is 44.1 Å². The molecule has 0 spiro atoms. The number of hydrogen-bond acceptors (Lipinski definition) is 4. The van der Waals surface area contributed by atoms with Gasteiger partial charge in [0.25, 0.3) is 5.91 Å². The lowest BCUT2D eigenvalue weighted by Gasteiger charge is -2.34. The Labute approximate surface area is 166 Å². The number of H-pyrrole nitrogens is 1. The Kier molecular flexibility index (Phi) is 6.62. The first-order valence-electron chi connectivity index (χ1n) is 10.1. The number of amides is 1. The van der Waals surface area contributed by atoms with Gasteiger partial charge in [-0.1, -0.05) is 0 Å². The van der Waals surface area contributed by atoms with Gasteiger partial charge in [-0.05, 0) is 63.3 Å². The number of aromatic nitrogens is 1. The number of ether oxygens (including phenoxy) is 2. The lowest BCUT2D eigenvalue weighted by Crippen LogP contribution is -2.40. The van der Waals surface area contributed by atoms with Crippen LogP contribution in [0.4, 0.5) is 0 Å². The topological polar surface area (TPSA) is 74.8 Å². The van der Waals surface area contributed by atoms with Gasteiger partial charge in [-0.25, -0.2) is 0 Å². The molecule has 1 amide bonds. The van der Waals surface area contributed by atoms with Crippen molar-refractivity contribution < 1.29 is 19.4 Å². The van der Waals surface area contributed by atoms with Gasteiger partial charge in [-0.15, -0.1) is 0 Å². The highest BCUT2D eigenvalue weighted by Crippen LogP contribution is 2.28. The average Bonchev–Trinajstić information content (AvgIpc) is 3.07. The Morgan fingerprint density at radius 1 is 1.25 bits per heavy atom. The Bertz CT molecular complexity index is 785. The molecule has 1 aliphatic rings. The zero-order valence-corrected chi connectivity index (χ0v) is 17.2. The smallest absolute Gasteiger partial charge is 0.270 e. The molecular weight excluding hydrogens is 356 g/mol. The quantitative estimate of drug-likeness (QED) is 0.678. The van der Waals surface area contributed by atoms with E-state index in [1.165, 1.54) is 0 Å². The zero-order chi connectivity index (χ0) is 20.1. The van der Waals surface area contributed by atoms with E-state index in [4.69, 9.17) is 9.47 Å². The van der Waals surface area contributed by atoms with E-state index in [0.717, 1.165) is 55.4 Å². The molecule has 1 aromatic carbocycles. The van der Waals surface area contributed by atoms with E-state index in [9.17, 15) is 9.90 Å². The monoisotopic (exact) mass is 388 g/mol. The van der Waals surface area contributed by atoms with Gasteiger partial charge in [0.15, 0.2) is 0 Å². The van der Waals surface area contributed by atoms with Crippen molar-refractivity contribution in [3.05, 3.63) is 30.0 Å². The van der Waals surface area contributed by atoms with Gasteiger partial charge in [0.05, 0.1) is 12.2 Å². The molecular formula is C22H32N2O4. The maximum Gasteiger partial charge on any atom is 0.270 e. The van der Waals surface area contributed by atoms with Crippen LogP contribution in [0.3, 0.4) is 0 Å². The minimum absolute atomic E-state index is 0.0421. The number of hydrogen-bond donors (Lipinski definition) is 2. The van der Waals surface area contributed by atoms with Crippen molar-refractivity contribution >= 4 is 16.8 Å². The number of nitrogens with one attached hydrogen (secondary N) is 1. The summed E-state index contributed by atoms with van der Waals surface area (Å²) in [7, 11) is 1.68. The zero-order valence-electron chi connectivity index (χ0n) is 17.2. The largest absolute Gasteiger partial charge is 0.493 e. The molecule has 2 heterocycles. The highest BCUT2D eigenvalue weighted by atomic mass is 16.5. The molecule has 2 aromatic rings. The summed E-state index contributed by atoms with van der Waals surface area (Å²) in [5, 5.41) is 11.0. The van der Waals surface area contributed by atoms with Crippen molar-refractivity contribution in [2.75, 3.05) is 33.4 Å². The van der Waals surface area contributed by atoms with E-state index >= 15 is 0 Å². The molecule has 0 radical (unpaired) electrons. The molecule has 3 rings (SSSR count). The van der Waals surface area contributed by atoms with E-state index in [0.29, 0.717) is 24.8 Å². The summed E-state index contributed by atoms with van der Waals surface area (Å²) in [4.78, 5) is 18.0. The molecule has 1 aromatic heterocycles. The Hall–Kier alpha value is -2.05. The summed E-state index contributed by atoms with van der Waals surface area (Å²) in [6, 6.07) is 7.74. The fraction of sp³-hybridized carbons (Fsp3) is 0.591. The highest BCUT2D eigenvalue weighted by Gasteiger charge is 2.28. The molecule has 1 aliphatic heterocycles. The van der Waals surface area contributed by atoms with Gasteiger partial charge in [0.1, 0.15) is 11.4 Å². The number of benzene rings is 1. The number of carbonyl (C=O) groups excluding carboxylic acids is 1. The van der Waals surface area contributed by atoms with Crippen molar-refractivity contribution in [3.8, 4) is 5.75 Å². The molecule has 0 saturated carbocycles. The number of carbonyl (C=O) groups is 1. The van der Waals surface area contributed by atoms with E-state index in [-0.39, 0.29) is 5.91 Å². The molecule has 6 heteroatoms. The Morgan fingerprint density at radius 3 is 2.68 bits per heavy atom. The first-order valence-corrected chi connectivity index (χ1v) is 10.1. The summed E-state index contributed by atoms with van der Waals surface area (Å²) in [5.74, 6) is 1.32. The first kappa shape index (κ1) is 20.7. The minimum atomic E-state index is -0.642. The van der Waals surface area contributed by atoms with Crippen LogP contribution < -0.4 is 4.74 Å². The standard InChI is InChI=1S/C22H32N2O4/c1-22(2,26)15-16-7-9-24(10-8-16)21(25)20-14-17-13-18(5-6-19(17)23-20)28-12-4-11-27-3/h5-6,13-14,16,23,26H,4,7-12,15H2,1-3H3. The Morgan fingerprint density at radius 2 is 2.00 bits per heavy atom. The number of fused-ring (bicyclic) bond motifs is 1. The normalized spacial score (nSPS) is 15.9. The van der Waals surface area contributed by atoms with Crippen LogP contribution >= 0.6 is 0 Å². The second-order valence-corrected chi connectivity index (χ2v) is 8.38. The lowest BCUT2D eigenvalue weighted by atomic mass is 9.86. The predicted molar refractivity (Wildman–Crippen MR) is 110 cm³/mol. The number of aromatic amines is 1. The number of methoxy groups -OCH3 is 1. The number of piperidine rings is 1. The molecule has 0 bridgehead atoms. The molecule has 1 fully saturated rings. The van der Waals surface area contributed by atoms with Crippen molar-refractivity contribution in [1.82, 2.24) is 9.88 Å². The molecule has 0 atom stereocenters. The molecule has 0 aliphatic carbocycles. The predicted octanol–water partition coefficient (Wildman–Crippen LogP) is 3.60. The summed E-state index contributed by atoms with van der Waals surface area (Å²) >= 11 is 0. The SMILES string of the molecule is COCCCOc1ccc2[nH]c(C(=O)N3CCC(CC(C)(C)O)CC3)cc2c1. The van der Waals surface area contributed by atoms with Crippen LogP contribution in [0.2, 0.25) is 0 Å². The van der Waals surface area contributed by atoms with Gasteiger partial charge in [0.2, 0.25) is 0 Å². The summed E-state index contributed by atoms with van der Waals surface area (Å²) in [6.07, 6.45) is 3.51. The summed E-state index contributed by atoms with van der Waals surface area (Å²) < 4.78 is 10.8. The van der Waals surface area contributed by atoms with E-state index in [2.05, 4.69) is 4.98 Å². The number of nitrogens with zero attached hydrogens (tertiary/aromatic N) is 1. The lowest BCUT2D eigenvalue weighted by molar-refractivity contribution is 0.0357. The summed E-state index contributed by atoms with van der Waals surface area (Å²) in [5.41, 5.74) is 0.911. The third kappa shape index (κ3) is 5.49. The Balaban J connectivity index is 1.59. The molecule has 2 N–H and O–H groups in total. The first-order chi connectivity index (χ1) is 13.4. The minimum Gasteiger partial charge on any atom is -0.493 e. The van der Waals surface area contributed by atoms with E-state index in [1.54, 1.807) is 7.11 Å². The summed E-state index contributed by atoms with van der Waals surface area (Å²) in [6.45, 7) is 6.47. The van der Waals surface area contributed by atoms with Gasteiger partial charge in [-0.2, -0.15) is 0 Å². The number of likely N-dealkylation sites (tertiary alicyclic amines) is 1. The van der Waals surface area contributed by atoms with Crippen LogP contribution in [0.5, 0.6) is 5.75 Å². The third-order valence-electron chi connectivity index (χ3n) is 5.27.